The Morgan fingerprint density at radius 3 is 2.26 bits per heavy atom. The molecule has 0 saturated heterocycles. The molecule has 174 valence electrons. The summed E-state index contributed by atoms with van der Waals surface area (Å²) in [5.74, 6) is 1.10. The maximum Gasteiger partial charge on any atom is 0.263 e. The molecule has 0 aliphatic carbocycles. The van der Waals surface area contributed by atoms with E-state index in [1.165, 1.54) is 0 Å². The average molecular weight is 501 g/mol. The lowest BCUT2D eigenvalue weighted by Gasteiger charge is -2.22. The van der Waals surface area contributed by atoms with Crippen molar-refractivity contribution in [1.29, 1.82) is 0 Å². The van der Waals surface area contributed by atoms with E-state index in [0.29, 0.717) is 27.1 Å². The van der Waals surface area contributed by atoms with Crippen molar-refractivity contribution in [2.45, 2.75) is 0 Å². The molecule has 35 heavy (non-hydrogen) atoms. The molecule has 1 aliphatic heterocycles. The highest BCUT2D eigenvalue weighted by molar-refractivity contribution is 6.42. The van der Waals surface area contributed by atoms with Gasteiger partial charge in [0.1, 0.15) is 11.5 Å². The molecular weight excluding hydrogens is 479 g/mol. The van der Waals surface area contributed by atoms with E-state index in [1.54, 1.807) is 23.1 Å². The van der Waals surface area contributed by atoms with Crippen LogP contribution in [0.5, 0.6) is 0 Å². The number of hydrogen-bond acceptors (Lipinski definition) is 3. The number of carbonyl (C=O) groups excluding carboxylic acids is 1. The molecule has 1 aliphatic rings. The van der Waals surface area contributed by atoms with Gasteiger partial charge in [-0.15, -0.1) is 0 Å². The summed E-state index contributed by atoms with van der Waals surface area (Å²) < 4.78 is 6.02. The molecule has 6 heteroatoms. The number of rotatable bonds is 5. The van der Waals surface area contributed by atoms with Crippen LogP contribution in [0.4, 0.5) is 11.4 Å². The van der Waals surface area contributed by atoms with Crippen LogP contribution in [0.25, 0.3) is 23.1 Å². The Kier molecular flexibility index (Phi) is 6.25. The van der Waals surface area contributed by atoms with Gasteiger partial charge in [-0.1, -0.05) is 53.5 Å². The van der Waals surface area contributed by atoms with Gasteiger partial charge in [-0.3, -0.25) is 9.69 Å². The van der Waals surface area contributed by atoms with Crippen LogP contribution in [0, 0.1) is 0 Å². The molecule has 0 atom stereocenters. The van der Waals surface area contributed by atoms with E-state index in [1.807, 2.05) is 97.9 Å². The third-order valence-corrected chi connectivity index (χ3v) is 6.54. The Morgan fingerprint density at radius 1 is 0.829 bits per heavy atom. The van der Waals surface area contributed by atoms with Crippen molar-refractivity contribution in [3.8, 4) is 11.3 Å². The van der Waals surface area contributed by atoms with E-state index in [9.17, 15) is 4.79 Å². The van der Waals surface area contributed by atoms with Crippen LogP contribution in [-0.2, 0) is 4.79 Å². The first-order valence-corrected chi connectivity index (χ1v) is 11.8. The summed E-state index contributed by atoms with van der Waals surface area (Å²) >= 11 is 12.2. The number of hydrogen-bond donors (Lipinski definition) is 0. The zero-order valence-electron chi connectivity index (χ0n) is 19.2. The highest BCUT2D eigenvalue weighted by atomic mass is 35.5. The summed E-state index contributed by atoms with van der Waals surface area (Å²) in [6, 6.07) is 26.8. The zero-order chi connectivity index (χ0) is 24.5. The molecule has 2 heterocycles. The van der Waals surface area contributed by atoms with E-state index in [-0.39, 0.29) is 5.91 Å². The number of nitrogens with zero attached hydrogens (tertiary/aromatic N) is 2. The molecule has 0 fully saturated rings. The standard InChI is InChI=1S/C29H22Cl2N2O2/c1-32(2)22-9-11-23(12-10-22)33-27(19-6-4-3-5-7-19)18-21(29(33)34)16-24-13-15-28(35-24)20-8-14-25(30)26(31)17-20/h3-18H,1-2H3/b21-16+. The minimum atomic E-state index is -0.117. The van der Waals surface area contributed by atoms with Gasteiger partial charge in [0.25, 0.3) is 5.91 Å². The number of benzene rings is 3. The Hall–Kier alpha value is -3.73. The van der Waals surface area contributed by atoms with Crippen molar-refractivity contribution in [2.75, 3.05) is 23.9 Å². The van der Waals surface area contributed by atoms with Crippen LogP contribution >= 0.6 is 23.2 Å². The van der Waals surface area contributed by atoms with Crippen LogP contribution in [0.1, 0.15) is 11.3 Å². The molecule has 1 amide bonds. The van der Waals surface area contributed by atoms with Gasteiger partial charge in [0.15, 0.2) is 0 Å². The highest BCUT2D eigenvalue weighted by Crippen LogP contribution is 2.36. The number of furan rings is 1. The average Bonchev–Trinajstić information content (AvgIpc) is 3.46. The first kappa shape index (κ1) is 23.0. The van der Waals surface area contributed by atoms with Gasteiger partial charge in [-0.2, -0.15) is 0 Å². The fourth-order valence-corrected chi connectivity index (χ4v) is 4.28. The normalized spacial score (nSPS) is 14.5. The maximum absolute atomic E-state index is 13.6. The maximum atomic E-state index is 13.6. The molecule has 4 nitrogen and oxygen atoms in total. The van der Waals surface area contributed by atoms with Crippen molar-refractivity contribution in [1.82, 2.24) is 0 Å². The molecule has 4 aromatic rings. The number of amides is 1. The molecule has 0 unspecified atom stereocenters. The van der Waals surface area contributed by atoms with E-state index in [4.69, 9.17) is 27.6 Å². The third kappa shape index (κ3) is 4.63. The number of halogens is 2. The molecule has 0 radical (unpaired) electrons. The Labute approximate surface area is 214 Å². The van der Waals surface area contributed by atoms with Crippen LogP contribution in [0.15, 0.2) is 101 Å². The zero-order valence-corrected chi connectivity index (χ0v) is 20.7. The summed E-state index contributed by atoms with van der Waals surface area (Å²) in [6.45, 7) is 0. The predicted molar refractivity (Wildman–Crippen MR) is 145 cm³/mol. The van der Waals surface area contributed by atoms with Gasteiger partial charge in [-0.25, -0.2) is 0 Å². The van der Waals surface area contributed by atoms with Crippen molar-refractivity contribution >= 4 is 52.3 Å². The lowest BCUT2D eigenvalue weighted by Crippen LogP contribution is -2.25. The van der Waals surface area contributed by atoms with Gasteiger partial charge in [0.2, 0.25) is 0 Å². The molecular formula is C29H22Cl2N2O2. The lowest BCUT2D eigenvalue weighted by molar-refractivity contribution is -0.113. The largest absolute Gasteiger partial charge is 0.457 e. The van der Waals surface area contributed by atoms with Crippen molar-refractivity contribution < 1.29 is 9.21 Å². The van der Waals surface area contributed by atoms with Gasteiger partial charge in [-0.05, 0) is 72.3 Å². The summed E-state index contributed by atoms with van der Waals surface area (Å²) in [6.07, 6.45) is 3.67. The second-order valence-electron chi connectivity index (χ2n) is 8.38. The number of anilines is 2. The summed E-state index contributed by atoms with van der Waals surface area (Å²) in [7, 11) is 3.98. The molecule has 0 saturated carbocycles. The van der Waals surface area contributed by atoms with Crippen molar-refractivity contribution in [3.63, 3.8) is 0 Å². The molecule has 0 bridgehead atoms. The molecule has 1 aromatic heterocycles. The minimum absolute atomic E-state index is 0.117. The highest BCUT2D eigenvalue weighted by Gasteiger charge is 2.30. The van der Waals surface area contributed by atoms with Gasteiger partial charge >= 0.3 is 0 Å². The van der Waals surface area contributed by atoms with Gasteiger partial charge in [0, 0.05) is 36.6 Å². The molecule has 0 N–H and O–H groups in total. The summed E-state index contributed by atoms with van der Waals surface area (Å²) in [5.41, 5.74) is 4.98. The minimum Gasteiger partial charge on any atom is -0.457 e. The van der Waals surface area contributed by atoms with E-state index in [0.717, 1.165) is 28.2 Å². The van der Waals surface area contributed by atoms with E-state index >= 15 is 0 Å². The van der Waals surface area contributed by atoms with E-state index < -0.39 is 0 Å². The first-order valence-electron chi connectivity index (χ1n) is 11.1. The smallest absolute Gasteiger partial charge is 0.263 e. The van der Waals surface area contributed by atoms with Gasteiger partial charge in [0.05, 0.1) is 15.7 Å². The van der Waals surface area contributed by atoms with Crippen LogP contribution in [0.3, 0.4) is 0 Å². The first-order chi connectivity index (χ1) is 16.9. The molecule has 5 rings (SSSR count). The number of carbonyl (C=O) groups is 1. The molecule has 0 spiro atoms. The Balaban J connectivity index is 1.52. The second kappa shape index (κ2) is 9.49. The second-order valence-corrected chi connectivity index (χ2v) is 9.19. The van der Waals surface area contributed by atoms with Crippen molar-refractivity contribution in [2.24, 2.45) is 0 Å². The third-order valence-electron chi connectivity index (χ3n) is 5.81. The van der Waals surface area contributed by atoms with Crippen LogP contribution < -0.4 is 9.80 Å². The van der Waals surface area contributed by atoms with E-state index in [2.05, 4.69) is 0 Å². The van der Waals surface area contributed by atoms with Crippen LogP contribution in [-0.4, -0.2) is 20.0 Å². The predicted octanol–water partition coefficient (Wildman–Crippen LogP) is 7.79. The van der Waals surface area contributed by atoms with Crippen LogP contribution in [0.2, 0.25) is 10.0 Å². The topological polar surface area (TPSA) is 36.7 Å². The van der Waals surface area contributed by atoms with Crippen molar-refractivity contribution in [3.05, 3.63) is 118 Å². The van der Waals surface area contributed by atoms with Gasteiger partial charge < -0.3 is 9.32 Å². The Bertz CT molecular complexity index is 1450. The quantitative estimate of drug-likeness (QED) is 0.262. The lowest BCUT2D eigenvalue weighted by atomic mass is 10.1. The monoisotopic (exact) mass is 500 g/mol. The Morgan fingerprint density at radius 2 is 1.57 bits per heavy atom. The summed E-state index contributed by atoms with van der Waals surface area (Å²) in [5, 5.41) is 0.941. The fourth-order valence-electron chi connectivity index (χ4n) is 3.98. The molecule has 3 aromatic carbocycles. The summed E-state index contributed by atoms with van der Waals surface area (Å²) in [4.78, 5) is 17.4. The fraction of sp³-hybridized carbons (Fsp3) is 0.0690. The SMILES string of the molecule is CN(C)c1ccc(N2C(=O)/C(=C/c3ccc(-c4ccc(Cl)c(Cl)c4)o3)C=C2c2ccccc2)cc1.